The fraction of sp³-hybridized carbons (Fsp3) is 0. The van der Waals surface area contributed by atoms with Crippen molar-refractivity contribution < 1.29 is 0 Å². The van der Waals surface area contributed by atoms with Gasteiger partial charge in [0, 0.05) is 32.9 Å². The molecule has 0 saturated heterocycles. The van der Waals surface area contributed by atoms with Crippen molar-refractivity contribution in [1.29, 1.82) is 0 Å². The van der Waals surface area contributed by atoms with Gasteiger partial charge >= 0.3 is 0 Å². The Morgan fingerprint density at radius 3 is 1.59 bits per heavy atom. The molecule has 0 fully saturated rings. The van der Waals surface area contributed by atoms with Crippen LogP contribution in [0.3, 0.4) is 0 Å². The van der Waals surface area contributed by atoms with Crippen LogP contribution in [0.5, 0.6) is 0 Å². The molecular weight excluding hydrogens is 532 g/mol. The Morgan fingerprint density at radius 1 is 0.250 bits per heavy atom. The number of fused-ring (bicyclic) bond motifs is 11. The van der Waals surface area contributed by atoms with E-state index in [1.54, 1.807) is 0 Å². The number of benzene rings is 8. The first-order valence-corrected chi connectivity index (χ1v) is 15.2. The highest BCUT2D eigenvalue weighted by molar-refractivity contribution is 6.22. The molecule has 0 spiro atoms. The minimum atomic E-state index is 1.17. The zero-order chi connectivity index (χ0) is 28.8. The predicted molar refractivity (Wildman–Crippen MR) is 188 cm³/mol. The van der Waals surface area contributed by atoms with Gasteiger partial charge in [-0.1, -0.05) is 103 Å². The molecule has 8 aromatic carbocycles. The topological polar surface area (TPSA) is 9.86 Å². The van der Waals surface area contributed by atoms with Gasteiger partial charge in [0.1, 0.15) is 0 Å². The van der Waals surface area contributed by atoms with Gasteiger partial charge in [0.05, 0.1) is 22.1 Å². The Labute approximate surface area is 253 Å². The number of hydrogen-bond acceptors (Lipinski definition) is 0. The molecule has 2 heterocycles. The number of rotatable bonds is 2. The lowest BCUT2D eigenvalue weighted by Gasteiger charge is -2.12. The normalized spacial score (nSPS) is 12.1. The van der Waals surface area contributed by atoms with Crippen LogP contribution in [0.1, 0.15) is 0 Å². The van der Waals surface area contributed by atoms with E-state index in [9.17, 15) is 0 Å². The van der Waals surface area contributed by atoms with Crippen LogP contribution in [0.4, 0.5) is 0 Å². The van der Waals surface area contributed by atoms with Crippen molar-refractivity contribution in [1.82, 2.24) is 9.13 Å². The van der Waals surface area contributed by atoms with Crippen molar-refractivity contribution in [2.24, 2.45) is 0 Å². The molecule has 2 nitrogen and oxygen atoms in total. The molecule has 0 atom stereocenters. The summed E-state index contributed by atoms with van der Waals surface area (Å²) in [4.78, 5) is 0. The van der Waals surface area contributed by atoms with Gasteiger partial charge in [-0.15, -0.1) is 0 Å². The largest absolute Gasteiger partial charge is 0.309 e. The number of aromatic nitrogens is 2. The van der Waals surface area contributed by atoms with E-state index in [1.807, 2.05) is 0 Å². The molecule has 0 saturated carbocycles. The third kappa shape index (κ3) is 3.20. The molecule has 0 N–H and O–H groups in total. The zero-order valence-corrected chi connectivity index (χ0v) is 23.9. The van der Waals surface area contributed by atoms with Crippen molar-refractivity contribution >= 4 is 75.9 Å². The van der Waals surface area contributed by atoms with E-state index in [2.05, 4.69) is 167 Å². The highest BCUT2D eigenvalue weighted by Gasteiger charge is 2.17. The van der Waals surface area contributed by atoms with Crippen molar-refractivity contribution in [3.8, 4) is 11.4 Å². The Morgan fingerprint density at radius 2 is 0.818 bits per heavy atom. The van der Waals surface area contributed by atoms with E-state index in [1.165, 1.54) is 87.3 Å². The molecule has 44 heavy (non-hydrogen) atoms. The van der Waals surface area contributed by atoms with Crippen molar-refractivity contribution in [3.05, 3.63) is 158 Å². The molecular formula is C42H26N2. The molecule has 0 radical (unpaired) electrons. The first-order chi connectivity index (χ1) is 21.8. The molecule has 0 aliphatic rings. The van der Waals surface area contributed by atoms with Crippen LogP contribution >= 0.6 is 0 Å². The fourth-order valence-corrected chi connectivity index (χ4v) is 7.52. The Bertz CT molecular complexity index is 2760. The minimum absolute atomic E-state index is 1.17. The summed E-state index contributed by atoms with van der Waals surface area (Å²) in [6.07, 6.45) is 0. The fourth-order valence-electron chi connectivity index (χ4n) is 7.52. The summed E-state index contributed by atoms with van der Waals surface area (Å²) in [7, 11) is 0. The molecule has 0 aliphatic carbocycles. The molecule has 204 valence electrons. The van der Waals surface area contributed by atoms with Gasteiger partial charge in [-0.25, -0.2) is 0 Å². The van der Waals surface area contributed by atoms with Gasteiger partial charge in [0.2, 0.25) is 0 Å². The van der Waals surface area contributed by atoms with E-state index >= 15 is 0 Å². The molecule has 2 aromatic heterocycles. The minimum Gasteiger partial charge on any atom is -0.309 e. The summed E-state index contributed by atoms with van der Waals surface area (Å²) in [6, 6.07) is 57.8. The van der Waals surface area contributed by atoms with Crippen molar-refractivity contribution in [3.63, 3.8) is 0 Å². The van der Waals surface area contributed by atoms with Crippen LogP contribution in [0, 0.1) is 0 Å². The number of nitrogens with zero attached hydrogens (tertiary/aromatic N) is 2. The van der Waals surface area contributed by atoms with Gasteiger partial charge in [-0.05, 0) is 86.9 Å². The van der Waals surface area contributed by atoms with E-state index in [4.69, 9.17) is 0 Å². The summed E-state index contributed by atoms with van der Waals surface area (Å²) < 4.78 is 4.84. The highest BCUT2D eigenvalue weighted by atomic mass is 15.0. The monoisotopic (exact) mass is 558 g/mol. The SMILES string of the molecule is c1ccc(-n2c3ccccc3c3cc(-n4c5ccccc5c5cc6ccc7c8ccccc8ccc7c6cc54)ccc32)cc1. The Balaban J connectivity index is 1.31. The Hall–Kier alpha value is -5.86. The van der Waals surface area contributed by atoms with Crippen LogP contribution in [0.25, 0.3) is 87.3 Å². The van der Waals surface area contributed by atoms with Crippen LogP contribution < -0.4 is 0 Å². The second-order valence-corrected chi connectivity index (χ2v) is 11.8. The average Bonchev–Trinajstić information content (AvgIpc) is 3.59. The lowest BCUT2D eigenvalue weighted by molar-refractivity contribution is 1.17. The van der Waals surface area contributed by atoms with Gasteiger partial charge in [0.25, 0.3) is 0 Å². The molecule has 2 heteroatoms. The third-order valence-corrected chi connectivity index (χ3v) is 9.46. The number of hydrogen-bond donors (Lipinski definition) is 0. The zero-order valence-electron chi connectivity index (χ0n) is 23.9. The van der Waals surface area contributed by atoms with Gasteiger partial charge in [-0.3, -0.25) is 0 Å². The lowest BCUT2D eigenvalue weighted by atomic mass is 9.96. The average molecular weight is 559 g/mol. The predicted octanol–water partition coefficient (Wildman–Crippen LogP) is 11.3. The maximum Gasteiger partial charge on any atom is 0.0547 e. The summed E-state index contributed by atoms with van der Waals surface area (Å²) in [6.45, 7) is 0. The Kier molecular flexibility index (Phi) is 4.75. The van der Waals surface area contributed by atoms with Crippen molar-refractivity contribution in [2.45, 2.75) is 0 Å². The van der Waals surface area contributed by atoms with Crippen molar-refractivity contribution in [2.75, 3.05) is 0 Å². The smallest absolute Gasteiger partial charge is 0.0547 e. The molecule has 10 aromatic rings. The second-order valence-electron chi connectivity index (χ2n) is 11.8. The van der Waals surface area contributed by atoms with Gasteiger partial charge in [0.15, 0.2) is 0 Å². The van der Waals surface area contributed by atoms with E-state index in [0.29, 0.717) is 0 Å². The quantitative estimate of drug-likeness (QED) is 0.187. The molecule has 0 unspecified atom stereocenters. The van der Waals surface area contributed by atoms with E-state index in [-0.39, 0.29) is 0 Å². The summed E-state index contributed by atoms with van der Waals surface area (Å²) >= 11 is 0. The summed E-state index contributed by atoms with van der Waals surface area (Å²) in [5.74, 6) is 0. The first kappa shape index (κ1) is 23.7. The highest BCUT2D eigenvalue weighted by Crippen LogP contribution is 2.40. The molecule has 0 aliphatic heterocycles. The van der Waals surface area contributed by atoms with Crippen LogP contribution in [-0.4, -0.2) is 9.13 Å². The molecule has 10 rings (SSSR count). The summed E-state index contributed by atoms with van der Waals surface area (Å²) in [5, 5.41) is 12.8. The van der Waals surface area contributed by atoms with Crippen LogP contribution in [-0.2, 0) is 0 Å². The first-order valence-electron chi connectivity index (χ1n) is 15.2. The van der Waals surface area contributed by atoms with E-state index in [0.717, 1.165) is 0 Å². The number of para-hydroxylation sites is 3. The standard InChI is InChI=1S/C42H26N2/c1-2-11-29(12-3-1)43-39-16-8-7-15-35(39)38-25-30(20-23-41(38)43)44-40-17-9-6-14-34(40)37-24-28-19-22-32-31-13-5-4-10-27(31)18-21-33(32)36(28)26-42(37)44/h1-26H. The molecule has 0 amide bonds. The van der Waals surface area contributed by atoms with Gasteiger partial charge in [-0.2, -0.15) is 0 Å². The third-order valence-electron chi connectivity index (χ3n) is 9.46. The summed E-state index contributed by atoms with van der Waals surface area (Å²) in [5.41, 5.74) is 7.23. The van der Waals surface area contributed by atoms with Crippen LogP contribution in [0.15, 0.2) is 158 Å². The second kappa shape index (κ2) is 8.82. The van der Waals surface area contributed by atoms with E-state index < -0.39 is 0 Å². The van der Waals surface area contributed by atoms with Gasteiger partial charge < -0.3 is 9.13 Å². The molecule has 0 bridgehead atoms. The maximum absolute atomic E-state index is 2.46. The lowest BCUT2D eigenvalue weighted by Crippen LogP contribution is -1.95. The van der Waals surface area contributed by atoms with Crippen LogP contribution in [0.2, 0.25) is 0 Å². The maximum atomic E-state index is 2.46.